The highest BCUT2D eigenvalue weighted by Gasteiger charge is 2.35. The van der Waals surface area contributed by atoms with E-state index in [-0.39, 0.29) is 22.7 Å². The molecule has 166 valence electrons. The summed E-state index contributed by atoms with van der Waals surface area (Å²) >= 11 is 0. The van der Waals surface area contributed by atoms with Gasteiger partial charge in [-0.25, -0.2) is 0 Å². The zero-order valence-electron chi connectivity index (χ0n) is 17.6. The molecule has 0 atom stereocenters. The molecule has 0 aliphatic carbocycles. The van der Waals surface area contributed by atoms with Gasteiger partial charge in [0.1, 0.15) is 25.4 Å². The average molecular weight is 486 g/mol. The Balaban J connectivity index is 0.00000320. The molecule has 1 heterocycles. The Bertz CT molecular complexity index is 772. The number of hydrogen-bond donors (Lipinski definition) is 0. The number of quaternary nitrogens is 1. The van der Waals surface area contributed by atoms with Crippen LogP contribution in [0.5, 0.6) is 5.75 Å². The van der Waals surface area contributed by atoms with Gasteiger partial charge in [-0.2, -0.15) is 13.2 Å². The summed E-state index contributed by atoms with van der Waals surface area (Å²) in [5.74, 6) is -0.0232. The minimum atomic E-state index is -4.40. The third-order valence-electron chi connectivity index (χ3n) is 5.96. The summed E-state index contributed by atoms with van der Waals surface area (Å²) in [5.41, 5.74) is 1.13. The Morgan fingerprint density at radius 3 is 2.13 bits per heavy atom. The lowest BCUT2D eigenvalue weighted by molar-refractivity contribution is -0.941. The fraction of sp³-hybridized carbons (Fsp3) is 0.500. The predicted molar refractivity (Wildman–Crippen MR) is 110 cm³/mol. The zero-order chi connectivity index (χ0) is 20.7. The summed E-state index contributed by atoms with van der Waals surface area (Å²) in [6, 6.07) is 14.6. The van der Waals surface area contributed by atoms with Gasteiger partial charge in [0.15, 0.2) is 0 Å². The first kappa shape index (κ1) is 24.7. The fourth-order valence-corrected chi connectivity index (χ4v) is 4.38. The van der Waals surface area contributed by atoms with Gasteiger partial charge in [0.25, 0.3) is 0 Å². The van der Waals surface area contributed by atoms with Gasteiger partial charge in [-0.3, -0.25) is 0 Å². The number of ether oxygens (including phenoxy) is 1. The van der Waals surface area contributed by atoms with Gasteiger partial charge >= 0.3 is 6.18 Å². The molecule has 0 aromatic heterocycles. The number of nitrogens with zero attached hydrogens (tertiary/aromatic N) is 1. The first-order chi connectivity index (χ1) is 13.9. The molecule has 0 bridgehead atoms. The molecule has 0 saturated carbocycles. The Hall–Kier alpha value is -1.53. The van der Waals surface area contributed by atoms with Crippen LogP contribution < -0.4 is 21.7 Å². The standard InChI is InChI=1S/C24H31F3NO.BrH/c1-20-11-10-14-22(24(25,26)27)23(20)29-18-17-28(15-8-3-2-4-9-16-28)19-21-12-6-5-7-13-21;/h5-7,10-14H,2-4,8-9,15-19H2,1H3;1H/q+1;/p-1. The summed E-state index contributed by atoms with van der Waals surface area (Å²) in [4.78, 5) is 0. The van der Waals surface area contributed by atoms with Crippen molar-refractivity contribution in [1.82, 2.24) is 0 Å². The van der Waals surface area contributed by atoms with Crippen molar-refractivity contribution in [3.63, 3.8) is 0 Å². The third-order valence-corrected chi connectivity index (χ3v) is 5.96. The second-order valence-electron chi connectivity index (χ2n) is 8.22. The van der Waals surface area contributed by atoms with E-state index in [0.29, 0.717) is 12.2 Å². The number of benzene rings is 2. The lowest BCUT2D eigenvalue weighted by Gasteiger charge is -2.40. The first-order valence-electron chi connectivity index (χ1n) is 10.6. The molecule has 3 rings (SSSR count). The molecular weight excluding hydrogens is 455 g/mol. The summed E-state index contributed by atoms with van der Waals surface area (Å²) in [6.45, 7) is 5.71. The van der Waals surface area contributed by atoms with Crippen molar-refractivity contribution in [1.29, 1.82) is 0 Å². The predicted octanol–water partition coefficient (Wildman–Crippen LogP) is 3.38. The lowest BCUT2D eigenvalue weighted by atomic mass is 10.0. The highest BCUT2D eigenvalue weighted by molar-refractivity contribution is 5.42. The fourth-order valence-electron chi connectivity index (χ4n) is 4.38. The van der Waals surface area contributed by atoms with Crippen LogP contribution in [0.4, 0.5) is 13.2 Å². The molecule has 30 heavy (non-hydrogen) atoms. The summed E-state index contributed by atoms with van der Waals surface area (Å²) in [5, 5.41) is 0. The van der Waals surface area contributed by atoms with Crippen molar-refractivity contribution in [3.8, 4) is 5.75 Å². The Morgan fingerprint density at radius 1 is 0.867 bits per heavy atom. The molecule has 2 nitrogen and oxygen atoms in total. The van der Waals surface area contributed by atoms with Crippen LogP contribution in [0.1, 0.15) is 48.8 Å². The molecule has 1 saturated heterocycles. The molecule has 6 heteroatoms. The van der Waals surface area contributed by atoms with Crippen molar-refractivity contribution in [2.45, 2.75) is 51.7 Å². The van der Waals surface area contributed by atoms with Gasteiger partial charge < -0.3 is 26.2 Å². The first-order valence-corrected chi connectivity index (χ1v) is 10.6. The van der Waals surface area contributed by atoms with Crippen molar-refractivity contribution < 1.29 is 39.4 Å². The zero-order valence-corrected chi connectivity index (χ0v) is 19.1. The number of rotatable bonds is 6. The number of alkyl halides is 3. The maximum atomic E-state index is 13.4. The molecule has 2 aromatic rings. The molecule has 0 N–H and O–H groups in total. The van der Waals surface area contributed by atoms with Crippen LogP contribution in [0.2, 0.25) is 0 Å². The van der Waals surface area contributed by atoms with E-state index in [1.54, 1.807) is 13.0 Å². The van der Waals surface area contributed by atoms with Gasteiger partial charge in [0.05, 0.1) is 18.7 Å². The third kappa shape index (κ3) is 6.74. The minimum absolute atomic E-state index is 0. The van der Waals surface area contributed by atoms with Crippen LogP contribution in [0.15, 0.2) is 48.5 Å². The Kier molecular flexibility index (Phi) is 9.23. The van der Waals surface area contributed by atoms with Gasteiger partial charge in [-0.15, -0.1) is 0 Å². The minimum Gasteiger partial charge on any atom is -1.00 e. The second kappa shape index (κ2) is 11.2. The van der Waals surface area contributed by atoms with Crippen molar-refractivity contribution in [2.75, 3.05) is 26.2 Å². The number of para-hydroxylation sites is 1. The molecule has 0 amide bonds. The van der Waals surface area contributed by atoms with Gasteiger partial charge in [-0.1, -0.05) is 48.9 Å². The summed E-state index contributed by atoms with van der Waals surface area (Å²) in [7, 11) is 0. The number of likely N-dealkylation sites (tertiary alicyclic amines) is 1. The highest BCUT2D eigenvalue weighted by Crippen LogP contribution is 2.38. The quantitative estimate of drug-likeness (QED) is 0.570. The van der Waals surface area contributed by atoms with Crippen LogP contribution in [-0.2, 0) is 12.7 Å². The summed E-state index contributed by atoms with van der Waals surface area (Å²) < 4.78 is 46.8. The normalized spacial score (nSPS) is 16.8. The smallest absolute Gasteiger partial charge is 0.419 e. The largest absolute Gasteiger partial charge is 1.00 e. The molecule has 2 aromatic carbocycles. The second-order valence-corrected chi connectivity index (χ2v) is 8.22. The van der Waals surface area contributed by atoms with Crippen molar-refractivity contribution in [3.05, 3.63) is 65.2 Å². The van der Waals surface area contributed by atoms with E-state index in [1.807, 2.05) is 6.07 Å². The maximum Gasteiger partial charge on any atom is 0.419 e. The lowest BCUT2D eigenvalue weighted by Crippen LogP contribution is -3.00. The van der Waals surface area contributed by atoms with E-state index >= 15 is 0 Å². The van der Waals surface area contributed by atoms with Crippen LogP contribution in [0.25, 0.3) is 0 Å². The van der Waals surface area contributed by atoms with Crippen LogP contribution in [0.3, 0.4) is 0 Å². The van der Waals surface area contributed by atoms with E-state index in [0.717, 1.165) is 49.6 Å². The van der Waals surface area contributed by atoms with Crippen LogP contribution in [0, 0.1) is 6.92 Å². The number of hydrogen-bond acceptors (Lipinski definition) is 1. The van der Waals surface area contributed by atoms with Gasteiger partial charge in [0.2, 0.25) is 0 Å². The molecular formula is C24H31BrF3NO. The van der Waals surface area contributed by atoms with Crippen LogP contribution in [-0.4, -0.2) is 30.7 Å². The maximum absolute atomic E-state index is 13.4. The number of halogens is 4. The molecule has 1 aliphatic heterocycles. The molecule has 1 fully saturated rings. The topological polar surface area (TPSA) is 9.23 Å². The van der Waals surface area contributed by atoms with E-state index in [2.05, 4.69) is 24.3 Å². The van der Waals surface area contributed by atoms with Crippen molar-refractivity contribution in [2.24, 2.45) is 0 Å². The Morgan fingerprint density at radius 2 is 1.50 bits per heavy atom. The monoisotopic (exact) mass is 485 g/mol. The van der Waals surface area contributed by atoms with E-state index in [4.69, 9.17) is 4.74 Å². The summed E-state index contributed by atoms with van der Waals surface area (Å²) in [6.07, 6.45) is 1.64. The Labute approximate surface area is 188 Å². The molecule has 0 unspecified atom stereocenters. The van der Waals surface area contributed by atoms with E-state index < -0.39 is 11.7 Å². The SMILES string of the molecule is Cc1cccc(C(F)(F)F)c1OCC[N+]1(Cc2ccccc2)CCCCCCC1.[Br-]. The molecule has 0 spiro atoms. The molecule has 0 radical (unpaired) electrons. The van der Waals surface area contributed by atoms with E-state index in [1.165, 1.54) is 30.9 Å². The van der Waals surface area contributed by atoms with Gasteiger partial charge in [0, 0.05) is 5.56 Å². The highest BCUT2D eigenvalue weighted by atomic mass is 79.9. The average Bonchev–Trinajstić information content (AvgIpc) is 2.66. The van der Waals surface area contributed by atoms with Crippen molar-refractivity contribution >= 4 is 0 Å². The molecule has 1 aliphatic rings. The van der Waals surface area contributed by atoms with E-state index in [9.17, 15) is 13.2 Å². The number of aryl methyl sites for hydroxylation is 1. The van der Waals surface area contributed by atoms with Crippen LogP contribution >= 0.6 is 0 Å². The van der Waals surface area contributed by atoms with Gasteiger partial charge in [-0.05, 0) is 44.2 Å².